The fourth-order valence-corrected chi connectivity index (χ4v) is 4.11. The molecule has 2 unspecified atom stereocenters. The largest absolute Gasteiger partial charge is 0.445 e. The number of hydrogen-bond donors (Lipinski definition) is 1. The van der Waals surface area contributed by atoms with Gasteiger partial charge in [-0.25, -0.2) is 22.0 Å². The molecule has 166 valence electrons. The molecule has 0 saturated heterocycles. The van der Waals surface area contributed by atoms with Crippen molar-refractivity contribution >= 4 is 31.9 Å². The lowest BCUT2D eigenvalue weighted by molar-refractivity contribution is 0.116. The third kappa shape index (κ3) is 6.74. The Morgan fingerprint density at radius 1 is 1.29 bits per heavy atom. The molecule has 10 heteroatoms. The summed E-state index contributed by atoms with van der Waals surface area (Å²) in [5, 5.41) is 10.1. The Labute approximate surface area is 188 Å². The highest BCUT2D eigenvalue weighted by atomic mass is 79.9. The van der Waals surface area contributed by atoms with E-state index >= 15 is 0 Å². The average molecular weight is 515 g/mol. The molecule has 6 nitrogen and oxygen atoms in total. The average Bonchev–Trinajstić information content (AvgIpc) is 2.73. The summed E-state index contributed by atoms with van der Waals surface area (Å²) in [5.74, 6) is -0.794. The van der Waals surface area contributed by atoms with Gasteiger partial charge in [0.2, 0.25) is 0 Å². The molecule has 0 aromatic heterocycles. The molecule has 0 heterocycles. The maximum Gasteiger partial charge on any atom is 0.408 e. The number of alkyl halides is 1. The van der Waals surface area contributed by atoms with Gasteiger partial charge in [-0.15, -0.1) is 0 Å². The van der Waals surface area contributed by atoms with Crippen LogP contribution in [0.1, 0.15) is 24.0 Å². The predicted octanol–water partition coefficient (Wildman–Crippen LogP) is 4.40. The molecule has 0 aliphatic rings. The monoisotopic (exact) mass is 514 g/mol. The van der Waals surface area contributed by atoms with Crippen LogP contribution in [0.3, 0.4) is 0 Å². The molecule has 0 aliphatic carbocycles. The van der Waals surface area contributed by atoms with E-state index in [4.69, 9.17) is 4.74 Å². The lowest BCUT2D eigenvalue weighted by Gasteiger charge is -2.33. The molecule has 0 bridgehead atoms. The second kappa shape index (κ2) is 10.7. The number of nitriles is 1. The van der Waals surface area contributed by atoms with E-state index in [1.807, 2.05) is 0 Å². The number of halogens is 3. The Morgan fingerprint density at radius 2 is 1.97 bits per heavy atom. The number of ether oxygens (including phenoxy) is 1. The summed E-state index contributed by atoms with van der Waals surface area (Å²) in [4.78, 5) is 12.5. The van der Waals surface area contributed by atoms with Crippen LogP contribution in [0.25, 0.3) is 0 Å². The highest BCUT2D eigenvalue weighted by Gasteiger charge is 2.39. The Kier molecular flexibility index (Phi) is 8.53. The molecule has 0 saturated carbocycles. The summed E-state index contributed by atoms with van der Waals surface area (Å²) >= 11 is 3.19. The minimum absolute atomic E-state index is 0.0971. The van der Waals surface area contributed by atoms with Gasteiger partial charge in [-0.3, -0.25) is 0 Å². The van der Waals surface area contributed by atoms with Crippen LogP contribution in [0.5, 0.6) is 0 Å². The number of nitrogens with zero attached hydrogens (tertiary/aromatic N) is 1. The van der Waals surface area contributed by atoms with E-state index in [1.165, 1.54) is 12.1 Å². The lowest BCUT2D eigenvalue weighted by atomic mass is 9.85. The molecular formula is C21H21BrF2N2O4S. The van der Waals surface area contributed by atoms with Gasteiger partial charge in [-0.1, -0.05) is 46.3 Å². The van der Waals surface area contributed by atoms with E-state index in [1.54, 1.807) is 36.4 Å². The molecule has 0 spiro atoms. The van der Waals surface area contributed by atoms with Crippen LogP contribution in [0.4, 0.5) is 13.6 Å². The minimum atomic E-state index is -3.75. The lowest BCUT2D eigenvalue weighted by Crippen LogP contribution is -2.49. The maximum absolute atomic E-state index is 14.6. The standard InChI is InChI=1S/C21H21BrF2N2O4S/c1-31(28,29)17(12-25)9-10-21(14-23,18-11-16(22)7-8-19(18)24)26-20(27)30-13-15-5-3-2-4-6-15/h2-8,11,17H,9-10,13-14H2,1H3,(H,26,27). The topological polar surface area (TPSA) is 96.3 Å². The van der Waals surface area contributed by atoms with Crippen LogP contribution >= 0.6 is 15.9 Å². The minimum Gasteiger partial charge on any atom is -0.445 e. The van der Waals surface area contributed by atoms with Crippen molar-refractivity contribution in [3.8, 4) is 6.07 Å². The molecule has 0 aliphatic heterocycles. The summed E-state index contributed by atoms with van der Waals surface area (Å²) in [5.41, 5.74) is -1.42. The first-order valence-electron chi connectivity index (χ1n) is 9.20. The van der Waals surface area contributed by atoms with Crippen molar-refractivity contribution < 1.29 is 26.7 Å². The van der Waals surface area contributed by atoms with Crippen molar-refractivity contribution in [2.24, 2.45) is 0 Å². The number of benzene rings is 2. The van der Waals surface area contributed by atoms with Gasteiger partial charge in [-0.05, 0) is 36.6 Å². The van der Waals surface area contributed by atoms with E-state index in [0.29, 0.717) is 10.0 Å². The van der Waals surface area contributed by atoms with Crippen molar-refractivity contribution in [3.05, 3.63) is 69.9 Å². The number of rotatable bonds is 9. The van der Waals surface area contributed by atoms with Gasteiger partial charge in [0, 0.05) is 16.3 Å². The van der Waals surface area contributed by atoms with Crippen molar-refractivity contribution in [1.82, 2.24) is 5.32 Å². The number of carbonyl (C=O) groups excluding carboxylic acids is 1. The zero-order valence-electron chi connectivity index (χ0n) is 16.6. The molecule has 2 atom stereocenters. The Hall–Kier alpha value is -2.51. The fourth-order valence-electron chi connectivity index (χ4n) is 3.01. The first kappa shape index (κ1) is 24.8. The Morgan fingerprint density at radius 3 is 2.55 bits per heavy atom. The van der Waals surface area contributed by atoms with Crippen LogP contribution < -0.4 is 5.32 Å². The molecular weight excluding hydrogens is 494 g/mol. The van der Waals surface area contributed by atoms with Crippen LogP contribution in [0.2, 0.25) is 0 Å². The highest BCUT2D eigenvalue weighted by molar-refractivity contribution is 9.10. The van der Waals surface area contributed by atoms with Crippen LogP contribution in [0, 0.1) is 17.1 Å². The van der Waals surface area contributed by atoms with E-state index in [9.17, 15) is 27.3 Å². The van der Waals surface area contributed by atoms with Crippen molar-refractivity contribution in [1.29, 1.82) is 5.26 Å². The summed E-state index contributed by atoms with van der Waals surface area (Å²) in [6.07, 6.45) is -0.778. The molecule has 0 radical (unpaired) electrons. The number of carbonyl (C=O) groups is 1. The summed E-state index contributed by atoms with van der Waals surface area (Å²) in [7, 11) is -3.75. The third-order valence-electron chi connectivity index (χ3n) is 4.72. The SMILES string of the molecule is CS(=O)(=O)C(C#N)CCC(CF)(NC(=O)OCc1ccccc1)c1cc(Br)ccc1F. The van der Waals surface area contributed by atoms with Gasteiger partial charge in [0.1, 0.15) is 24.3 Å². The van der Waals surface area contributed by atoms with Gasteiger partial charge in [0.25, 0.3) is 0 Å². The van der Waals surface area contributed by atoms with Crippen LogP contribution in [0.15, 0.2) is 53.0 Å². The maximum atomic E-state index is 14.6. The number of sulfone groups is 1. The first-order valence-corrected chi connectivity index (χ1v) is 11.9. The summed E-state index contributed by atoms with van der Waals surface area (Å²) < 4.78 is 58.2. The normalized spacial score (nSPS) is 14.2. The zero-order chi connectivity index (χ0) is 23.1. The zero-order valence-corrected chi connectivity index (χ0v) is 19.0. The highest BCUT2D eigenvalue weighted by Crippen LogP contribution is 2.33. The molecule has 2 rings (SSSR count). The quantitative estimate of drug-likeness (QED) is 0.534. The van der Waals surface area contributed by atoms with Crippen molar-refractivity contribution in [3.63, 3.8) is 0 Å². The molecule has 2 aromatic rings. The van der Waals surface area contributed by atoms with Crippen LogP contribution in [-0.4, -0.2) is 32.7 Å². The van der Waals surface area contributed by atoms with E-state index in [0.717, 1.165) is 12.3 Å². The second-order valence-corrected chi connectivity index (χ2v) is 10.2. The van der Waals surface area contributed by atoms with Crippen molar-refractivity contribution in [2.45, 2.75) is 30.2 Å². The molecule has 31 heavy (non-hydrogen) atoms. The van der Waals surface area contributed by atoms with Crippen molar-refractivity contribution in [2.75, 3.05) is 12.9 Å². The fraction of sp³-hybridized carbons (Fsp3) is 0.333. The molecule has 2 aromatic carbocycles. The first-order chi connectivity index (χ1) is 14.6. The van der Waals surface area contributed by atoms with Gasteiger partial charge in [-0.2, -0.15) is 5.26 Å². The smallest absolute Gasteiger partial charge is 0.408 e. The van der Waals surface area contributed by atoms with Gasteiger partial charge in [0.05, 0.1) is 11.6 Å². The predicted molar refractivity (Wildman–Crippen MR) is 115 cm³/mol. The molecule has 1 N–H and O–H groups in total. The van der Waals surface area contributed by atoms with Gasteiger partial charge >= 0.3 is 6.09 Å². The summed E-state index contributed by atoms with van der Waals surface area (Å²) in [6.45, 7) is -1.34. The van der Waals surface area contributed by atoms with E-state index < -0.39 is 39.2 Å². The van der Waals surface area contributed by atoms with Gasteiger partial charge < -0.3 is 10.1 Å². The van der Waals surface area contributed by atoms with Crippen LogP contribution in [-0.2, 0) is 26.7 Å². The molecule has 0 fully saturated rings. The number of hydrogen-bond acceptors (Lipinski definition) is 5. The number of amides is 1. The number of alkyl carbamates (subject to hydrolysis) is 1. The second-order valence-electron chi connectivity index (χ2n) is 7.01. The van der Waals surface area contributed by atoms with E-state index in [2.05, 4.69) is 21.2 Å². The van der Waals surface area contributed by atoms with E-state index in [-0.39, 0.29) is 25.0 Å². The molecule has 1 amide bonds. The Bertz CT molecular complexity index is 1060. The Balaban J connectivity index is 2.32. The number of nitrogens with one attached hydrogen (secondary N) is 1. The van der Waals surface area contributed by atoms with Gasteiger partial charge in [0.15, 0.2) is 9.84 Å². The third-order valence-corrected chi connectivity index (χ3v) is 6.59. The summed E-state index contributed by atoms with van der Waals surface area (Å²) in [6, 6.07) is 14.2.